The third-order valence-corrected chi connectivity index (χ3v) is 8.22. The number of ether oxygens (including phenoxy) is 1. The van der Waals surface area contributed by atoms with E-state index in [0.717, 1.165) is 35.0 Å². The largest absolute Gasteiger partial charge is 0.487 e. The van der Waals surface area contributed by atoms with Crippen LogP contribution in [-0.4, -0.2) is 71.8 Å². The summed E-state index contributed by atoms with van der Waals surface area (Å²) in [6.45, 7) is 3.71. The Bertz CT molecular complexity index is 1790. The lowest BCUT2D eigenvalue weighted by Crippen LogP contribution is -2.50. The van der Waals surface area contributed by atoms with Crippen molar-refractivity contribution in [2.75, 3.05) is 42.7 Å². The fourth-order valence-electron chi connectivity index (χ4n) is 5.45. The van der Waals surface area contributed by atoms with E-state index < -0.39 is 35.8 Å². The molecule has 4 N–H and O–H groups in total. The molecule has 0 spiro atoms. The number of alkyl halides is 3. The molecule has 4 aromatic rings. The molecule has 0 unspecified atom stereocenters. The fraction of sp³-hybridized carbons (Fsp3) is 0.286. The van der Waals surface area contributed by atoms with Gasteiger partial charge in [-0.3, -0.25) is 4.79 Å². The zero-order valence-corrected chi connectivity index (χ0v) is 26.5. The zero-order chi connectivity index (χ0) is 34.6. The number of fused-ring (bicyclic) bond motifs is 2. The average Bonchev–Trinajstić information content (AvgIpc) is 3.06. The van der Waals surface area contributed by atoms with Gasteiger partial charge in [-0.1, -0.05) is 43.3 Å². The van der Waals surface area contributed by atoms with Gasteiger partial charge < -0.3 is 35.6 Å². The summed E-state index contributed by atoms with van der Waals surface area (Å²) in [6.07, 6.45) is -5.07. The van der Waals surface area contributed by atoms with E-state index in [2.05, 4.69) is 16.0 Å². The molecule has 1 aliphatic heterocycles. The van der Waals surface area contributed by atoms with Gasteiger partial charge in [-0.2, -0.15) is 13.2 Å². The number of hydrogen-bond donors (Lipinski definition) is 4. The first-order chi connectivity index (χ1) is 22.8. The van der Waals surface area contributed by atoms with Crippen molar-refractivity contribution >= 4 is 45.8 Å². The molecule has 0 fully saturated rings. The van der Waals surface area contributed by atoms with Crippen LogP contribution in [0.3, 0.4) is 0 Å². The maximum atomic E-state index is 13.8. The number of halogens is 3. The summed E-state index contributed by atoms with van der Waals surface area (Å²) in [5.41, 5.74) is 0.308. The smallest absolute Gasteiger partial charge is 0.416 e. The lowest BCUT2D eigenvalue weighted by Gasteiger charge is -2.38. The monoisotopic (exact) mass is 663 g/mol. The van der Waals surface area contributed by atoms with E-state index in [1.54, 1.807) is 14.0 Å². The Kier molecular flexibility index (Phi) is 10.1. The number of rotatable bonds is 7. The molecule has 0 radical (unpaired) electrons. The molecule has 252 valence electrons. The van der Waals surface area contributed by atoms with Crippen LogP contribution in [0.1, 0.15) is 29.8 Å². The van der Waals surface area contributed by atoms with E-state index in [4.69, 9.17) is 4.74 Å². The molecule has 5 rings (SSSR count). The molecule has 0 aliphatic carbocycles. The zero-order valence-electron chi connectivity index (χ0n) is 26.5. The second-order valence-electron chi connectivity index (χ2n) is 11.8. The Morgan fingerprint density at radius 3 is 2.35 bits per heavy atom. The number of aliphatic hydroxyl groups is 1. The fourth-order valence-corrected chi connectivity index (χ4v) is 5.45. The molecule has 5 amide bonds. The number of amides is 5. The quantitative estimate of drug-likeness (QED) is 0.172. The van der Waals surface area contributed by atoms with E-state index >= 15 is 0 Å². The molecule has 4 aromatic carbocycles. The van der Waals surface area contributed by atoms with Crippen LogP contribution < -0.4 is 20.7 Å². The molecule has 10 nitrogen and oxygen atoms in total. The van der Waals surface area contributed by atoms with Gasteiger partial charge in [0, 0.05) is 36.3 Å². The second kappa shape index (κ2) is 14.2. The topological polar surface area (TPSA) is 123 Å². The maximum Gasteiger partial charge on any atom is 0.416 e. The number of hydrogen-bond acceptors (Lipinski definition) is 5. The van der Waals surface area contributed by atoms with Crippen LogP contribution in [0.5, 0.6) is 5.75 Å². The van der Waals surface area contributed by atoms with Crippen molar-refractivity contribution in [1.29, 1.82) is 0 Å². The molecule has 48 heavy (non-hydrogen) atoms. The van der Waals surface area contributed by atoms with Gasteiger partial charge in [0.1, 0.15) is 11.9 Å². The lowest BCUT2D eigenvalue weighted by molar-refractivity contribution is -0.137. The van der Waals surface area contributed by atoms with Gasteiger partial charge in [-0.25, -0.2) is 9.59 Å². The number of nitrogens with zero attached hydrogens (tertiary/aromatic N) is 2. The highest BCUT2D eigenvalue weighted by atomic mass is 19.4. The Morgan fingerprint density at radius 1 is 0.979 bits per heavy atom. The SMILES string of the molecule is C[C@H]1CN([C@@H](C)CO)C(=O)c2cc(NC(=O)Nc3ccc(C(F)(F)F)cc3)ccc2O[C@H]1CN(C)C(=O)Nc1cccc2ccccc12. The van der Waals surface area contributed by atoms with Crippen molar-refractivity contribution in [2.24, 2.45) is 5.92 Å². The Hall–Kier alpha value is -5.30. The van der Waals surface area contributed by atoms with Crippen molar-refractivity contribution in [3.63, 3.8) is 0 Å². The number of urea groups is 2. The molecule has 3 atom stereocenters. The van der Waals surface area contributed by atoms with Gasteiger partial charge in [-0.15, -0.1) is 0 Å². The number of likely N-dealkylation sites (N-methyl/N-ethyl adjacent to an activating group) is 1. The predicted octanol–water partition coefficient (Wildman–Crippen LogP) is 6.89. The van der Waals surface area contributed by atoms with Crippen LogP contribution in [0.2, 0.25) is 0 Å². The first kappa shape index (κ1) is 34.0. The lowest BCUT2D eigenvalue weighted by atomic mass is 9.99. The molecule has 13 heteroatoms. The molecule has 0 saturated carbocycles. The van der Waals surface area contributed by atoms with Gasteiger partial charge in [0.25, 0.3) is 5.91 Å². The molecular formula is C35H36F3N5O5. The molecular weight excluding hydrogens is 627 g/mol. The Morgan fingerprint density at radius 2 is 1.65 bits per heavy atom. The molecule has 0 aromatic heterocycles. The van der Waals surface area contributed by atoms with Crippen molar-refractivity contribution in [1.82, 2.24) is 9.80 Å². The third kappa shape index (κ3) is 7.80. The average molecular weight is 664 g/mol. The van der Waals surface area contributed by atoms with Crippen molar-refractivity contribution in [2.45, 2.75) is 32.2 Å². The van der Waals surface area contributed by atoms with Crippen LogP contribution >= 0.6 is 0 Å². The van der Waals surface area contributed by atoms with Crippen LogP contribution in [0.4, 0.5) is 39.8 Å². The van der Waals surface area contributed by atoms with Crippen LogP contribution in [0.15, 0.2) is 84.9 Å². The summed E-state index contributed by atoms with van der Waals surface area (Å²) >= 11 is 0. The van der Waals surface area contributed by atoms with Gasteiger partial charge in [0.2, 0.25) is 0 Å². The van der Waals surface area contributed by atoms with E-state index in [1.807, 2.05) is 49.4 Å². The Balaban J connectivity index is 1.34. The summed E-state index contributed by atoms with van der Waals surface area (Å²) in [5.74, 6) is -0.454. The molecule has 1 aliphatic rings. The van der Waals surface area contributed by atoms with Gasteiger partial charge in [0.05, 0.1) is 36.0 Å². The number of carbonyl (C=O) groups is 3. The van der Waals surface area contributed by atoms with Crippen LogP contribution in [-0.2, 0) is 6.18 Å². The summed E-state index contributed by atoms with van der Waals surface area (Å²) in [7, 11) is 1.65. The van der Waals surface area contributed by atoms with Gasteiger partial charge >= 0.3 is 18.2 Å². The number of carbonyl (C=O) groups excluding carboxylic acids is 3. The minimum Gasteiger partial charge on any atom is -0.487 e. The molecule has 0 saturated heterocycles. The summed E-state index contributed by atoms with van der Waals surface area (Å²) < 4.78 is 45.0. The van der Waals surface area contributed by atoms with E-state index in [1.165, 1.54) is 28.0 Å². The highest BCUT2D eigenvalue weighted by Gasteiger charge is 2.34. The number of aliphatic hydroxyl groups excluding tert-OH is 1. The maximum absolute atomic E-state index is 13.8. The number of nitrogens with one attached hydrogen (secondary N) is 3. The van der Waals surface area contributed by atoms with Gasteiger partial charge in [-0.05, 0) is 60.8 Å². The normalized spacial score (nSPS) is 17.0. The number of benzene rings is 4. The van der Waals surface area contributed by atoms with Crippen molar-refractivity contribution in [3.05, 3.63) is 96.1 Å². The third-order valence-electron chi connectivity index (χ3n) is 8.22. The van der Waals surface area contributed by atoms with E-state index in [0.29, 0.717) is 5.69 Å². The highest BCUT2D eigenvalue weighted by molar-refractivity contribution is 6.03. The summed E-state index contributed by atoms with van der Waals surface area (Å²) in [6, 6.07) is 20.2. The van der Waals surface area contributed by atoms with Crippen molar-refractivity contribution in [3.8, 4) is 5.75 Å². The predicted molar refractivity (Wildman–Crippen MR) is 177 cm³/mol. The number of anilines is 3. The minimum atomic E-state index is -4.51. The van der Waals surface area contributed by atoms with E-state index in [9.17, 15) is 32.7 Å². The van der Waals surface area contributed by atoms with Crippen molar-refractivity contribution < 1.29 is 37.4 Å². The molecule has 0 bridgehead atoms. The van der Waals surface area contributed by atoms with Crippen LogP contribution in [0.25, 0.3) is 10.8 Å². The first-order valence-corrected chi connectivity index (χ1v) is 15.3. The molecule has 1 heterocycles. The summed E-state index contributed by atoms with van der Waals surface area (Å²) in [4.78, 5) is 42.8. The van der Waals surface area contributed by atoms with Crippen LogP contribution in [0, 0.1) is 5.92 Å². The highest BCUT2D eigenvalue weighted by Crippen LogP contribution is 2.32. The summed E-state index contributed by atoms with van der Waals surface area (Å²) in [5, 5.41) is 19.9. The minimum absolute atomic E-state index is 0.127. The van der Waals surface area contributed by atoms with E-state index in [-0.39, 0.29) is 54.3 Å². The van der Waals surface area contributed by atoms with Gasteiger partial charge in [0.15, 0.2) is 0 Å². The first-order valence-electron chi connectivity index (χ1n) is 15.3. The Labute approximate surface area is 275 Å². The standard InChI is InChI=1S/C35H36F3N5O5/c1-21-18-43(22(2)20-44)32(45)28-17-26(40-33(46)39-25-13-11-24(12-14-25)35(36,37)38)15-16-30(28)48-31(21)19-42(3)34(47)41-29-10-6-8-23-7-4-5-9-27(23)29/h4-17,21-22,31,44H,18-20H2,1-3H3,(H,41,47)(H2,39,40,46)/t21-,22-,31-/m0/s1. The second-order valence-corrected chi connectivity index (χ2v) is 11.8.